The normalized spacial score (nSPS) is 18.7. The van der Waals surface area contributed by atoms with Crippen LogP contribution < -0.4 is 10.5 Å². The van der Waals surface area contributed by atoms with E-state index in [0.717, 1.165) is 42.6 Å². The van der Waals surface area contributed by atoms with Crippen molar-refractivity contribution in [3.63, 3.8) is 0 Å². The molecule has 0 aromatic heterocycles. The van der Waals surface area contributed by atoms with Crippen molar-refractivity contribution in [1.29, 1.82) is 0 Å². The summed E-state index contributed by atoms with van der Waals surface area (Å²) in [6, 6.07) is 3.70. The smallest absolute Gasteiger partial charge is 0.123 e. The average molecular weight is 221 g/mol. The summed E-state index contributed by atoms with van der Waals surface area (Å²) in [5, 5.41) is 10.1. The Labute approximate surface area is 96.2 Å². The molecule has 0 atom stereocenters. The number of hydrogen-bond donors (Lipinski definition) is 2. The van der Waals surface area contributed by atoms with Gasteiger partial charge in [-0.25, -0.2) is 0 Å². The maximum absolute atomic E-state index is 10.1. The summed E-state index contributed by atoms with van der Waals surface area (Å²) in [6.45, 7) is 1.87. The van der Waals surface area contributed by atoms with Crippen molar-refractivity contribution < 1.29 is 9.84 Å². The van der Waals surface area contributed by atoms with Crippen LogP contribution in [0.3, 0.4) is 0 Å². The minimum atomic E-state index is -0.372. The maximum atomic E-state index is 10.1. The Balaban J connectivity index is 2.50. The molecule has 0 amide bonds. The molecule has 3 nitrogen and oxygen atoms in total. The highest BCUT2D eigenvalue weighted by atomic mass is 16.5. The number of benzene rings is 1. The van der Waals surface area contributed by atoms with E-state index in [4.69, 9.17) is 10.5 Å². The fraction of sp³-hybridized carbons (Fsp3) is 0.538. The Bertz CT molecular complexity index is 395. The summed E-state index contributed by atoms with van der Waals surface area (Å²) in [7, 11) is 1.63. The van der Waals surface area contributed by atoms with Crippen molar-refractivity contribution in [3.8, 4) is 11.5 Å². The predicted octanol–water partition coefficient (Wildman–Crippen LogP) is 2.44. The summed E-state index contributed by atoms with van der Waals surface area (Å²) >= 11 is 0. The molecular weight excluding hydrogens is 202 g/mol. The summed E-state index contributed by atoms with van der Waals surface area (Å²) < 4.78 is 5.23. The molecule has 2 rings (SSSR count). The molecule has 1 aliphatic rings. The minimum Gasteiger partial charge on any atom is -0.507 e. The van der Waals surface area contributed by atoms with Crippen LogP contribution in [0.5, 0.6) is 11.5 Å². The van der Waals surface area contributed by atoms with Crippen LogP contribution in [0.2, 0.25) is 0 Å². The largest absolute Gasteiger partial charge is 0.507 e. The Morgan fingerprint density at radius 2 is 1.94 bits per heavy atom. The van der Waals surface area contributed by atoms with Gasteiger partial charge in [0.15, 0.2) is 0 Å². The number of phenols is 1. The first-order valence-electron chi connectivity index (χ1n) is 5.74. The van der Waals surface area contributed by atoms with E-state index in [2.05, 4.69) is 0 Å². The molecular formula is C13H19NO2. The highest BCUT2D eigenvalue weighted by Crippen LogP contribution is 2.42. The maximum Gasteiger partial charge on any atom is 0.123 e. The molecule has 0 unspecified atom stereocenters. The summed E-state index contributed by atoms with van der Waals surface area (Å²) in [5.41, 5.74) is 7.65. The molecule has 1 saturated carbocycles. The summed E-state index contributed by atoms with van der Waals surface area (Å²) in [5.74, 6) is 1.09. The molecule has 1 aromatic carbocycles. The van der Waals surface area contributed by atoms with E-state index in [0.29, 0.717) is 5.75 Å². The van der Waals surface area contributed by atoms with Crippen LogP contribution in [0.25, 0.3) is 0 Å². The zero-order valence-corrected chi connectivity index (χ0v) is 9.92. The molecule has 1 fully saturated rings. The Morgan fingerprint density at radius 3 is 2.50 bits per heavy atom. The van der Waals surface area contributed by atoms with Crippen LogP contribution in [-0.2, 0) is 5.54 Å². The second-order valence-electron chi connectivity index (χ2n) is 4.70. The Hall–Kier alpha value is -1.22. The van der Waals surface area contributed by atoms with E-state index in [1.165, 1.54) is 0 Å². The lowest BCUT2D eigenvalue weighted by molar-refractivity contribution is 0.389. The van der Waals surface area contributed by atoms with Crippen LogP contribution in [0.15, 0.2) is 12.1 Å². The van der Waals surface area contributed by atoms with Crippen LogP contribution in [-0.4, -0.2) is 12.2 Å². The first-order chi connectivity index (χ1) is 7.57. The fourth-order valence-corrected chi connectivity index (χ4v) is 2.52. The van der Waals surface area contributed by atoms with E-state index in [1.54, 1.807) is 7.11 Å². The van der Waals surface area contributed by atoms with Crippen molar-refractivity contribution in [2.45, 2.75) is 38.1 Å². The van der Waals surface area contributed by atoms with Gasteiger partial charge in [-0.1, -0.05) is 12.8 Å². The van der Waals surface area contributed by atoms with Gasteiger partial charge in [0, 0.05) is 11.1 Å². The molecule has 3 N–H and O–H groups in total. The van der Waals surface area contributed by atoms with Gasteiger partial charge in [0.25, 0.3) is 0 Å². The third-order valence-corrected chi connectivity index (χ3v) is 3.54. The van der Waals surface area contributed by atoms with Gasteiger partial charge in [0.2, 0.25) is 0 Å². The lowest BCUT2D eigenvalue weighted by Gasteiger charge is -2.26. The van der Waals surface area contributed by atoms with Crippen molar-refractivity contribution in [2.75, 3.05) is 7.11 Å². The molecule has 0 bridgehead atoms. The Morgan fingerprint density at radius 1 is 1.31 bits per heavy atom. The first-order valence-corrected chi connectivity index (χ1v) is 5.74. The molecule has 0 aliphatic heterocycles. The van der Waals surface area contributed by atoms with E-state index in [1.807, 2.05) is 19.1 Å². The molecule has 16 heavy (non-hydrogen) atoms. The van der Waals surface area contributed by atoms with E-state index < -0.39 is 0 Å². The van der Waals surface area contributed by atoms with Crippen molar-refractivity contribution >= 4 is 0 Å². The number of rotatable bonds is 2. The van der Waals surface area contributed by atoms with Crippen molar-refractivity contribution in [2.24, 2.45) is 5.73 Å². The molecule has 1 aromatic rings. The molecule has 1 aliphatic carbocycles. The van der Waals surface area contributed by atoms with E-state index in [9.17, 15) is 5.11 Å². The first kappa shape index (κ1) is 11.3. The lowest BCUT2D eigenvalue weighted by Crippen LogP contribution is -2.33. The molecule has 0 spiro atoms. The molecule has 0 heterocycles. The standard InChI is InChI=1S/C13H19NO2/c1-9-7-10(16-2)8-11(12(9)15)13(14)5-3-4-6-13/h7-8,15H,3-6,14H2,1-2H3. The minimum absolute atomic E-state index is 0.324. The van der Waals surface area contributed by atoms with Crippen LogP contribution in [0.4, 0.5) is 0 Å². The van der Waals surface area contributed by atoms with E-state index >= 15 is 0 Å². The number of hydrogen-bond acceptors (Lipinski definition) is 3. The monoisotopic (exact) mass is 221 g/mol. The van der Waals surface area contributed by atoms with Crippen LogP contribution in [0, 0.1) is 6.92 Å². The average Bonchev–Trinajstić information content (AvgIpc) is 2.70. The molecule has 88 valence electrons. The third-order valence-electron chi connectivity index (χ3n) is 3.54. The van der Waals surface area contributed by atoms with Gasteiger partial charge in [0.1, 0.15) is 11.5 Å². The van der Waals surface area contributed by atoms with Gasteiger partial charge in [-0.3, -0.25) is 0 Å². The predicted molar refractivity (Wildman–Crippen MR) is 63.7 cm³/mol. The second-order valence-corrected chi connectivity index (χ2v) is 4.70. The lowest BCUT2D eigenvalue weighted by atomic mass is 9.87. The number of ether oxygens (including phenoxy) is 1. The van der Waals surface area contributed by atoms with E-state index in [-0.39, 0.29) is 5.54 Å². The Kier molecular flexibility index (Phi) is 2.80. The molecule has 3 heteroatoms. The topological polar surface area (TPSA) is 55.5 Å². The van der Waals surface area contributed by atoms with Gasteiger partial charge < -0.3 is 15.6 Å². The number of phenolic OH excluding ortho intramolecular Hbond substituents is 1. The number of aryl methyl sites for hydroxylation is 1. The number of nitrogens with two attached hydrogens (primary N) is 1. The van der Waals surface area contributed by atoms with Gasteiger partial charge in [-0.05, 0) is 37.5 Å². The van der Waals surface area contributed by atoms with Gasteiger partial charge in [-0.2, -0.15) is 0 Å². The number of methoxy groups -OCH3 is 1. The zero-order valence-electron chi connectivity index (χ0n) is 9.92. The highest BCUT2D eigenvalue weighted by Gasteiger charge is 2.34. The SMILES string of the molecule is COc1cc(C)c(O)c(C2(N)CCCC2)c1. The summed E-state index contributed by atoms with van der Waals surface area (Å²) in [4.78, 5) is 0. The molecule has 0 radical (unpaired) electrons. The van der Waals surface area contributed by atoms with Crippen LogP contribution >= 0.6 is 0 Å². The van der Waals surface area contributed by atoms with Gasteiger partial charge in [-0.15, -0.1) is 0 Å². The van der Waals surface area contributed by atoms with Crippen molar-refractivity contribution in [3.05, 3.63) is 23.3 Å². The fourth-order valence-electron chi connectivity index (χ4n) is 2.52. The van der Waals surface area contributed by atoms with Crippen molar-refractivity contribution in [1.82, 2.24) is 0 Å². The summed E-state index contributed by atoms with van der Waals surface area (Å²) in [6.07, 6.45) is 4.14. The highest BCUT2D eigenvalue weighted by molar-refractivity contribution is 5.49. The van der Waals surface area contributed by atoms with Gasteiger partial charge >= 0.3 is 0 Å². The third kappa shape index (κ3) is 1.76. The quantitative estimate of drug-likeness (QED) is 0.806. The van der Waals surface area contributed by atoms with Crippen LogP contribution in [0.1, 0.15) is 36.8 Å². The zero-order chi connectivity index (χ0) is 11.8. The van der Waals surface area contributed by atoms with Gasteiger partial charge in [0.05, 0.1) is 7.11 Å². The number of aromatic hydroxyl groups is 1. The second kappa shape index (κ2) is 3.98. The molecule has 0 saturated heterocycles.